The molecule has 2 aromatic rings. The predicted molar refractivity (Wildman–Crippen MR) is 121 cm³/mol. The van der Waals surface area contributed by atoms with Crippen LogP contribution in [0.25, 0.3) is 0 Å². The summed E-state index contributed by atoms with van der Waals surface area (Å²) in [6.07, 6.45) is -0.992. The Bertz CT molecular complexity index is 991. The van der Waals surface area contributed by atoms with Crippen molar-refractivity contribution < 1.29 is 18.0 Å². The first-order valence-electron chi connectivity index (χ1n) is 11.9. The Labute approximate surface area is 192 Å². The van der Waals surface area contributed by atoms with E-state index in [0.29, 0.717) is 24.4 Å². The Balaban J connectivity index is 1.12. The van der Waals surface area contributed by atoms with Crippen molar-refractivity contribution in [1.82, 2.24) is 15.1 Å². The summed E-state index contributed by atoms with van der Waals surface area (Å²) in [6.45, 7) is 5.94. The van der Waals surface area contributed by atoms with Gasteiger partial charge in [-0.1, -0.05) is 24.3 Å². The van der Waals surface area contributed by atoms with E-state index in [1.807, 2.05) is 0 Å². The number of hydrogen-bond acceptors (Lipinski definition) is 3. The largest absolute Gasteiger partial charge is 0.416 e. The van der Waals surface area contributed by atoms with Crippen LogP contribution in [0, 0.1) is 11.8 Å². The van der Waals surface area contributed by atoms with Gasteiger partial charge in [-0.2, -0.15) is 13.2 Å². The highest BCUT2D eigenvalue weighted by Gasteiger charge is 2.40. The second kappa shape index (κ2) is 9.11. The highest BCUT2D eigenvalue weighted by Crippen LogP contribution is 2.37. The Morgan fingerprint density at radius 2 is 1.79 bits per heavy atom. The maximum Gasteiger partial charge on any atom is 0.416 e. The molecular weight excluding hydrogens is 427 g/mol. The van der Waals surface area contributed by atoms with Gasteiger partial charge in [0.1, 0.15) is 0 Å². The number of carbonyl (C=O) groups excluding carboxylic acids is 1. The Morgan fingerprint density at radius 3 is 2.48 bits per heavy atom. The number of carbonyl (C=O) groups is 1. The molecule has 4 heterocycles. The third-order valence-corrected chi connectivity index (χ3v) is 7.69. The zero-order valence-corrected chi connectivity index (χ0v) is 18.7. The van der Waals surface area contributed by atoms with Crippen LogP contribution in [0.1, 0.15) is 39.9 Å². The maximum atomic E-state index is 12.7. The van der Waals surface area contributed by atoms with Crippen LogP contribution in [0.4, 0.5) is 13.2 Å². The van der Waals surface area contributed by atoms with Crippen LogP contribution >= 0.6 is 0 Å². The molecule has 2 aromatic carbocycles. The van der Waals surface area contributed by atoms with Crippen molar-refractivity contribution in [3.05, 3.63) is 70.8 Å². The lowest BCUT2D eigenvalue weighted by atomic mass is 9.75. The van der Waals surface area contributed by atoms with Crippen molar-refractivity contribution in [2.75, 3.05) is 32.7 Å². The van der Waals surface area contributed by atoms with Crippen molar-refractivity contribution in [2.24, 2.45) is 11.8 Å². The lowest BCUT2D eigenvalue weighted by Crippen LogP contribution is -2.58. The van der Waals surface area contributed by atoms with E-state index in [-0.39, 0.29) is 11.5 Å². The quantitative estimate of drug-likeness (QED) is 0.731. The van der Waals surface area contributed by atoms with Gasteiger partial charge in [-0.3, -0.25) is 14.6 Å². The molecule has 3 fully saturated rings. The van der Waals surface area contributed by atoms with Crippen molar-refractivity contribution in [2.45, 2.75) is 38.0 Å². The zero-order chi connectivity index (χ0) is 23.0. The molecule has 3 saturated heterocycles. The number of nitrogens with one attached hydrogen (secondary N) is 1. The fourth-order valence-electron chi connectivity index (χ4n) is 5.83. The fraction of sp³-hybridized carbons (Fsp3) is 0.500. The fourth-order valence-corrected chi connectivity index (χ4v) is 5.83. The van der Waals surface area contributed by atoms with Crippen LogP contribution in [-0.2, 0) is 19.1 Å². The molecule has 0 saturated carbocycles. The summed E-state index contributed by atoms with van der Waals surface area (Å²) in [5.41, 5.74) is 2.46. The average Bonchev–Trinajstić information content (AvgIpc) is 2.82. The first-order valence-corrected chi connectivity index (χ1v) is 11.9. The number of nitrogens with zero attached hydrogens (tertiary/aromatic N) is 2. The van der Waals surface area contributed by atoms with E-state index in [2.05, 4.69) is 39.4 Å². The molecule has 0 spiro atoms. The molecular formula is C26H30F3N3O. The topological polar surface area (TPSA) is 35.6 Å². The molecule has 6 rings (SSSR count). The van der Waals surface area contributed by atoms with Gasteiger partial charge in [0.25, 0.3) is 5.91 Å². The minimum absolute atomic E-state index is 0.266. The zero-order valence-electron chi connectivity index (χ0n) is 18.7. The number of halogens is 3. The standard InChI is InChI=1S/C26H30F3N3O/c27-26(28,29)23-7-5-19(6-8-23)25(33)30-14-24-13-20-10-12-32(24)17-22(20)16-31-11-9-18-3-1-2-4-21(18)15-31/h1-8,20,22,24H,9-17H2,(H,30,33)/t20-,22-,24+/m0/s1. The summed E-state index contributed by atoms with van der Waals surface area (Å²) in [5, 5.41) is 2.95. The van der Waals surface area contributed by atoms with Gasteiger partial charge in [0.15, 0.2) is 0 Å². The van der Waals surface area contributed by atoms with E-state index in [0.717, 1.165) is 57.7 Å². The van der Waals surface area contributed by atoms with Gasteiger partial charge in [-0.25, -0.2) is 0 Å². The SMILES string of the molecule is O=C(NC[C@H]1C[C@@H]2CCN1C[C@@H]2CN1CCc2ccccc2C1)c1ccc(C(F)(F)F)cc1. The van der Waals surface area contributed by atoms with E-state index >= 15 is 0 Å². The molecule has 4 aliphatic heterocycles. The normalized spacial score (nSPS) is 27.2. The molecule has 2 bridgehead atoms. The van der Waals surface area contributed by atoms with Crippen molar-refractivity contribution >= 4 is 5.91 Å². The Kier molecular flexibility index (Phi) is 6.18. The number of hydrogen-bond donors (Lipinski definition) is 1. The highest BCUT2D eigenvalue weighted by atomic mass is 19.4. The summed E-state index contributed by atoms with van der Waals surface area (Å²) in [7, 11) is 0. The molecule has 1 N–H and O–H groups in total. The van der Waals surface area contributed by atoms with Gasteiger partial charge in [-0.15, -0.1) is 0 Å². The number of fused-ring (bicyclic) bond motifs is 4. The van der Waals surface area contributed by atoms with Crippen molar-refractivity contribution in [1.29, 1.82) is 0 Å². The molecule has 0 aromatic heterocycles. The number of piperidine rings is 3. The van der Waals surface area contributed by atoms with Crippen LogP contribution in [0.3, 0.4) is 0 Å². The minimum atomic E-state index is -4.39. The molecule has 7 heteroatoms. The smallest absolute Gasteiger partial charge is 0.350 e. The Hall–Kier alpha value is -2.38. The third-order valence-electron chi connectivity index (χ3n) is 7.69. The average molecular weight is 458 g/mol. The van der Waals surface area contributed by atoms with E-state index in [1.54, 1.807) is 0 Å². The third kappa shape index (κ3) is 4.94. The number of benzene rings is 2. The first kappa shape index (κ1) is 22.4. The molecule has 4 aliphatic rings. The molecule has 4 nitrogen and oxygen atoms in total. The van der Waals surface area contributed by atoms with Crippen LogP contribution in [0.5, 0.6) is 0 Å². The van der Waals surface area contributed by atoms with Crippen LogP contribution in [0.15, 0.2) is 48.5 Å². The molecule has 4 atom stereocenters. The van der Waals surface area contributed by atoms with E-state index < -0.39 is 11.7 Å². The molecule has 1 unspecified atom stereocenters. The summed E-state index contributed by atoms with van der Waals surface area (Å²) in [5.74, 6) is 1.01. The first-order chi connectivity index (χ1) is 15.9. The number of amides is 1. The van der Waals surface area contributed by atoms with Gasteiger partial charge < -0.3 is 5.32 Å². The Morgan fingerprint density at radius 1 is 1.03 bits per heavy atom. The summed E-state index contributed by atoms with van der Waals surface area (Å²) < 4.78 is 38.2. The van der Waals surface area contributed by atoms with Crippen LogP contribution in [0.2, 0.25) is 0 Å². The van der Waals surface area contributed by atoms with E-state index in [4.69, 9.17) is 0 Å². The molecule has 176 valence electrons. The highest BCUT2D eigenvalue weighted by molar-refractivity contribution is 5.94. The number of rotatable bonds is 5. The summed E-state index contributed by atoms with van der Waals surface area (Å²) in [4.78, 5) is 17.6. The van der Waals surface area contributed by atoms with Gasteiger partial charge in [0.2, 0.25) is 0 Å². The second-order valence-electron chi connectivity index (χ2n) is 9.73. The van der Waals surface area contributed by atoms with Gasteiger partial charge in [0.05, 0.1) is 5.56 Å². The van der Waals surface area contributed by atoms with Gasteiger partial charge in [0, 0.05) is 44.3 Å². The van der Waals surface area contributed by atoms with Crippen LogP contribution < -0.4 is 5.32 Å². The molecule has 1 amide bonds. The van der Waals surface area contributed by atoms with Gasteiger partial charge in [-0.05, 0) is 73.0 Å². The van der Waals surface area contributed by atoms with E-state index in [9.17, 15) is 18.0 Å². The van der Waals surface area contributed by atoms with Crippen molar-refractivity contribution in [3.8, 4) is 0 Å². The van der Waals surface area contributed by atoms with Crippen LogP contribution in [-0.4, -0.2) is 54.5 Å². The second-order valence-corrected chi connectivity index (χ2v) is 9.73. The van der Waals surface area contributed by atoms with Crippen molar-refractivity contribution in [3.63, 3.8) is 0 Å². The molecule has 33 heavy (non-hydrogen) atoms. The number of alkyl halides is 3. The monoisotopic (exact) mass is 457 g/mol. The predicted octanol–water partition coefficient (Wildman–Crippen LogP) is 4.20. The lowest BCUT2D eigenvalue weighted by molar-refractivity contribution is -0.137. The summed E-state index contributed by atoms with van der Waals surface area (Å²) in [6, 6.07) is 13.5. The minimum Gasteiger partial charge on any atom is -0.350 e. The van der Waals surface area contributed by atoms with E-state index in [1.165, 1.54) is 29.7 Å². The lowest BCUT2D eigenvalue weighted by Gasteiger charge is -2.51. The maximum absolute atomic E-state index is 12.7. The molecule has 0 aliphatic carbocycles. The molecule has 0 radical (unpaired) electrons. The van der Waals surface area contributed by atoms with Gasteiger partial charge >= 0.3 is 6.18 Å². The summed E-state index contributed by atoms with van der Waals surface area (Å²) >= 11 is 0.